The lowest BCUT2D eigenvalue weighted by Crippen LogP contribution is -2.31. The number of rotatable bonds is 8. The Morgan fingerprint density at radius 1 is 1.11 bits per heavy atom. The zero-order valence-electron chi connectivity index (χ0n) is 11.3. The third-order valence-corrected chi connectivity index (χ3v) is 2.94. The fourth-order valence-electron chi connectivity index (χ4n) is 1.92. The molecule has 0 heterocycles. The lowest BCUT2D eigenvalue weighted by atomic mass is 10.1. The Morgan fingerprint density at radius 3 is 2.37 bits per heavy atom. The Morgan fingerprint density at radius 2 is 1.79 bits per heavy atom. The first kappa shape index (κ1) is 15.2. The molecule has 1 N–H and O–H groups in total. The van der Waals surface area contributed by atoms with Crippen LogP contribution in [0.5, 0.6) is 0 Å². The molecule has 1 rings (SSSR count). The molecule has 0 aliphatic rings. The first-order valence-corrected chi connectivity index (χ1v) is 6.72. The summed E-state index contributed by atoms with van der Waals surface area (Å²) in [4.78, 5) is 24.1. The predicted octanol–water partition coefficient (Wildman–Crippen LogP) is 3.07. The van der Waals surface area contributed by atoms with Gasteiger partial charge in [-0.1, -0.05) is 31.5 Å². The highest BCUT2D eigenvalue weighted by molar-refractivity contribution is 5.93. The van der Waals surface area contributed by atoms with Crippen LogP contribution in [-0.4, -0.2) is 23.5 Å². The molecule has 0 aromatic heterocycles. The van der Waals surface area contributed by atoms with E-state index in [0.717, 1.165) is 18.5 Å². The normalized spacial score (nSPS) is 10.2. The molecule has 19 heavy (non-hydrogen) atoms. The van der Waals surface area contributed by atoms with Crippen molar-refractivity contribution in [2.75, 3.05) is 11.4 Å². The number of hydrogen-bond acceptors (Lipinski definition) is 2. The molecule has 0 atom stereocenters. The number of carboxylic acid groups (broad SMARTS) is 1. The molecule has 0 saturated heterocycles. The average molecular weight is 263 g/mol. The summed E-state index contributed by atoms with van der Waals surface area (Å²) < 4.78 is 0. The van der Waals surface area contributed by atoms with Crippen LogP contribution in [0, 0.1) is 0 Å². The molecule has 0 unspecified atom stereocenters. The van der Waals surface area contributed by atoms with Crippen LogP contribution in [0.25, 0.3) is 0 Å². The smallest absolute Gasteiger partial charge is 0.303 e. The summed E-state index contributed by atoms with van der Waals surface area (Å²) in [5, 5.41) is 8.56. The Labute approximate surface area is 114 Å². The standard InChI is InChI=1S/C15H21NO3/c1-2-14(17)16(13-9-5-3-6-10-13)12-8-4-7-11-15(18)19/h3,5-6,9-10H,2,4,7-8,11-12H2,1H3,(H,18,19). The van der Waals surface area contributed by atoms with E-state index in [9.17, 15) is 9.59 Å². The van der Waals surface area contributed by atoms with Crippen molar-refractivity contribution in [3.63, 3.8) is 0 Å². The van der Waals surface area contributed by atoms with Crippen LogP contribution in [0.1, 0.15) is 39.0 Å². The highest BCUT2D eigenvalue weighted by Crippen LogP contribution is 2.16. The SMILES string of the molecule is CCC(=O)N(CCCCCC(=O)O)c1ccccc1. The number of carbonyl (C=O) groups excluding carboxylic acids is 1. The first-order chi connectivity index (χ1) is 9.15. The van der Waals surface area contributed by atoms with E-state index in [-0.39, 0.29) is 12.3 Å². The molecule has 0 saturated carbocycles. The number of unbranched alkanes of at least 4 members (excludes halogenated alkanes) is 2. The largest absolute Gasteiger partial charge is 0.481 e. The predicted molar refractivity (Wildman–Crippen MR) is 75.2 cm³/mol. The molecule has 0 fully saturated rings. The molecular formula is C15H21NO3. The molecule has 0 aliphatic carbocycles. The van der Waals surface area contributed by atoms with Crippen LogP contribution in [0.3, 0.4) is 0 Å². The van der Waals surface area contributed by atoms with Gasteiger partial charge in [-0.05, 0) is 25.0 Å². The molecular weight excluding hydrogens is 242 g/mol. The number of nitrogens with zero attached hydrogens (tertiary/aromatic N) is 1. The topological polar surface area (TPSA) is 57.6 Å². The van der Waals surface area contributed by atoms with Crippen LogP contribution in [0.4, 0.5) is 5.69 Å². The summed E-state index contributed by atoms with van der Waals surface area (Å²) in [6, 6.07) is 9.59. The number of carboxylic acids is 1. The number of hydrogen-bond donors (Lipinski definition) is 1. The van der Waals surface area contributed by atoms with Gasteiger partial charge in [0.15, 0.2) is 0 Å². The molecule has 1 aromatic carbocycles. The molecule has 1 aromatic rings. The number of aliphatic carboxylic acids is 1. The quantitative estimate of drug-likeness (QED) is 0.733. The molecule has 0 radical (unpaired) electrons. The number of anilines is 1. The van der Waals surface area contributed by atoms with Gasteiger partial charge in [0.1, 0.15) is 0 Å². The van der Waals surface area contributed by atoms with Crippen molar-refractivity contribution < 1.29 is 14.7 Å². The van der Waals surface area contributed by atoms with E-state index < -0.39 is 5.97 Å². The van der Waals surface area contributed by atoms with Crippen LogP contribution in [0.15, 0.2) is 30.3 Å². The van der Waals surface area contributed by atoms with Gasteiger partial charge in [-0.3, -0.25) is 9.59 Å². The zero-order valence-corrected chi connectivity index (χ0v) is 11.3. The average Bonchev–Trinajstić information content (AvgIpc) is 2.42. The number of benzene rings is 1. The van der Waals surface area contributed by atoms with Crippen LogP contribution >= 0.6 is 0 Å². The van der Waals surface area contributed by atoms with Crippen molar-refractivity contribution in [3.8, 4) is 0 Å². The fourth-order valence-corrected chi connectivity index (χ4v) is 1.92. The third kappa shape index (κ3) is 5.55. The Bertz CT molecular complexity index is 403. The summed E-state index contributed by atoms with van der Waals surface area (Å²) in [5.74, 6) is -0.658. The van der Waals surface area contributed by atoms with Gasteiger partial charge in [0, 0.05) is 25.1 Å². The van der Waals surface area contributed by atoms with Gasteiger partial charge in [-0.15, -0.1) is 0 Å². The van der Waals surface area contributed by atoms with Crippen molar-refractivity contribution in [2.45, 2.75) is 39.0 Å². The van der Waals surface area contributed by atoms with E-state index in [4.69, 9.17) is 5.11 Å². The lowest BCUT2D eigenvalue weighted by Gasteiger charge is -2.22. The van der Waals surface area contributed by atoms with Gasteiger partial charge in [-0.2, -0.15) is 0 Å². The molecule has 0 aliphatic heterocycles. The Balaban J connectivity index is 2.48. The Hall–Kier alpha value is -1.84. The maximum Gasteiger partial charge on any atom is 0.303 e. The van der Waals surface area contributed by atoms with Gasteiger partial charge < -0.3 is 10.0 Å². The van der Waals surface area contributed by atoms with Gasteiger partial charge in [0.25, 0.3) is 0 Å². The van der Waals surface area contributed by atoms with E-state index in [2.05, 4.69) is 0 Å². The van der Waals surface area contributed by atoms with E-state index in [0.29, 0.717) is 19.4 Å². The van der Waals surface area contributed by atoms with Crippen LogP contribution < -0.4 is 4.90 Å². The maximum absolute atomic E-state index is 11.9. The molecule has 4 nitrogen and oxygen atoms in total. The molecule has 4 heteroatoms. The summed E-state index contributed by atoms with van der Waals surface area (Å²) in [6.45, 7) is 2.50. The van der Waals surface area contributed by atoms with Crippen molar-refractivity contribution in [3.05, 3.63) is 30.3 Å². The minimum Gasteiger partial charge on any atom is -0.481 e. The first-order valence-electron chi connectivity index (χ1n) is 6.72. The van der Waals surface area contributed by atoms with Crippen molar-refractivity contribution in [1.82, 2.24) is 0 Å². The van der Waals surface area contributed by atoms with Crippen molar-refractivity contribution in [2.24, 2.45) is 0 Å². The van der Waals surface area contributed by atoms with Gasteiger partial charge in [0.2, 0.25) is 5.91 Å². The summed E-state index contributed by atoms with van der Waals surface area (Å²) in [5.41, 5.74) is 0.910. The molecule has 0 spiro atoms. The Kier molecular flexibility index (Phi) is 6.64. The van der Waals surface area contributed by atoms with Gasteiger partial charge in [-0.25, -0.2) is 0 Å². The number of para-hydroxylation sites is 1. The molecule has 1 amide bonds. The van der Waals surface area contributed by atoms with E-state index in [1.165, 1.54) is 0 Å². The maximum atomic E-state index is 11.9. The second-order valence-electron chi connectivity index (χ2n) is 4.44. The fraction of sp³-hybridized carbons (Fsp3) is 0.467. The second-order valence-corrected chi connectivity index (χ2v) is 4.44. The minimum absolute atomic E-state index is 0.101. The molecule has 0 bridgehead atoms. The van der Waals surface area contributed by atoms with E-state index in [1.54, 1.807) is 4.90 Å². The van der Waals surface area contributed by atoms with Crippen molar-refractivity contribution >= 4 is 17.6 Å². The van der Waals surface area contributed by atoms with E-state index >= 15 is 0 Å². The number of carbonyl (C=O) groups is 2. The summed E-state index contributed by atoms with van der Waals surface area (Å²) >= 11 is 0. The third-order valence-electron chi connectivity index (χ3n) is 2.94. The highest BCUT2D eigenvalue weighted by atomic mass is 16.4. The lowest BCUT2D eigenvalue weighted by molar-refractivity contribution is -0.137. The van der Waals surface area contributed by atoms with Gasteiger partial charge in [0.05, 0.1) is 0 Å². The second kappa shape index (κ2) is 8.29. The van der Waals surface area contributed by atoms with Gasteiger partial charge >= 0.3 is 5.97 Å². The van der Waals surface area contributed by atoms with Crippen LogP contribution in [0.2, 0.25) is 0 Å². The number of amides is 1. The molecule has 104 valence electrons. The summed E-state index contributed by atoms with van der Waals surface area (Å²) in [6.07, 6.45) is 3.00. The monoisotopic (exact) mass is 263 g/mol. The van der Waals surface area contributed by atoms with Crippen molar-refractivity contribution in [1.29, 1.82) is 0 Å². The minimum atomic E-state index is -0.760. The van der Waals surface area contributed by atoms with E-state index in [1.807, 2.05) is 37.3 Å². The highest BCUT2D eigenvalue weighted by Gasteiger charge is 2.12. The zero-order chi connectivity index (χ0) is 14.1. The summed E-state index contributed by atoms with van der Waals surface area (Å²) in [7, 11) is 0. The van der Waals surface area contributed by atoms with Crippen LogP contribution in [-0.2, 0) is 9.59 Å².